The Morgan fingerprint density at radius 2 is 1.73 bits per heavy atom. The molecule has 0 radical (unpaired) electrons. The Morgan fingerprint density at radius 3 is 2.44 bits per heavy atom. The molecule has 0 saturated carbocycles. The van der Waals surface area contributed by atoms with Gasteiger partial charge in [0.2, 0.25) is 0 Å². The summed E-state index contributed by atoms with van der Waals surface area (Å²) in [6.45, 7) is 1.29. The molecule has 3 heterocycles. The lowest BCUT2D eigenvalue weighted by atomic mass is 9.98. The number of halogens is 2. The highest BCUT2D eigenvalue weighted by Gasteiger charge is 2.23. The highest BCUT2D eigenvalue weighted by Crippen LogP contribution is 2.38. The second-order valence-corrected chi connectivity index (χ2v) is 11.1. The Morgan fingerprint density at radius 1 is 0.958 bits per heavy atom. The molecule has 13 heteroatoms. The van der Waals surface area contributed by atoms with E-state index in [1.165, 1.54) is 77.5 Å². The van der Waals surface area contributed by atoms with Gasteiger partial charge in [0.1, 0.15) is 17.1 Å². The number of ether oxygens (including phenoxy) is 3. The number of carbonyl (C=O) groups excluding carboxylic acids is 1. The number of piperidine rings is 1. The maximum absolute atomic E-state index is 15.3. The average Bonchev–Trinajstić information content (AvgIpc) is 3.09. The third-order valence-electron chi connectivity index (χ3n) is 8.05. The number of pyridine rings is 2. The van der Waals surface area contributed by atoms with Crippen molar-refractivity contribution in [2.45, 2.75) is 12.8 Å². The van der Waals surface area contributed by atoms with Crippen molar-refractivity contribution in [2.24, 2.45) is 5.92 Å². The number of carbonyl (C=O) groups is 2. The molecule has 1 aliphatic heterocycles. The van der Waals surface area contributed by atoms with Crippen molar-refractivity contribution in [3.8, 4) is 28.7 Å². The van der Waals surface area contributed by atoms with Crippen LogP contribution in [-0.2, 0) is 0 Å². The van der Waals surface area contributed by atoms with Gasteiger partial charge >= 0.3 is 6.09 Å². The number of nitrogens with zero attached hydrogens (tertiary/aromatic N) is 3. The van der Waals surface area contributed by atoms with Gasteiger partial charge in [0.05, 0.1) is 19.2 Å². The highest BCUT2D eigenvalue weighted by atomic mass is 19.1. The summed E-state index contributed by atoms with van der Waals surface area (Å²) in [4.78, 5) is 43.0. The monoisotopic (exact) mass is 656 g/mol. The van der Waals surface area contributed by atoms with Crippen molar-refractivity contribution >= 4 is 28.6 Å². The molecule has 11 nitrogen and oxygen atoms in total. The third-order valence-corrected chi connectivity index (χ3v) is 8.05. The lowest BCUT2D eigenvalue weighted by Crippen LogP contribution is -2.38. The Bertz CT molecular complexity index is 2040. The predicted octanol–water partition coefficient (Wildman–Crippen LogP) is 6.49. The number of fused-ring (bicyclic) bond motifs is 1. The molecule has 246 valence electrons. The first-order valence-electron chi connectivity index (χ1n) is 15.0. The molecule has 1 saturated heterocycles. The summed E-state index contributed by atoms with van der Waals surface area (Å²) in [7, 11) is 1.50. The number of hydrogen-bond donors (Lipinski definition) is 2. The second-order valence-electron chi connectivity index (χ2n) is 11.1. The van der Waals surface area contributed by atoms with Crippen molar-refractivity contribution in [3.63, 3.8) is 0 Å². The van der Waals surface area contributed by atoms with E-state index in [0.29, 0.717) is 66.4 Å². The van der Waals surface area contributed by atoms with Crippen LogP contribution in [0.2, 0.25) is 0 Å². The van der Waals surface area contributed by atoms with Crippen LogP contribution >= 0.6 is 0 Å². The van der Waals surface area contributed by atoms with Gasteiger partial charge in [0, 0.05) is 54.4 Å². The molecule has 48 heavy (non-hydrogen) atoms. The predicted molar refractivity (Wildman–Crippen MR) is 173 cm³/mol. The summed E-state index contributed by atoms with van der Waals surface area (Å²) < 4.78 is 47.4. The van der Waals surface area contributed by atoms with Gasteiger partial charge in [-0.15, -0.1) is 0 Å². The van der Waals surface area contributed by atoms with E-state index in [-0.39, 0.29) is 22.9 Å². The summed E-state index contributed by atoms with van der Waals surface area (Å²) in [5, 5.41) is 12.2. The molecule has 6 rings (SSSR count). The van der Waals surface area contributed by atoms with Gasteiger partial charge in [-0.2, -0.15) is 0 Å². The van der Waals surface area contributed by atoms with Crippen LogP contribution in [0.1, 0.15) is 23.2 Å². The number of rotatable bonds is 9. The molecule has 1 aliphatic rings. The van der Waals surface area contributed by atoms with Crippen LogP contribution in [0.5, 0.6) is 23.0 Å². The summed E-state index contributed by atoms with van der Waals surface area (Å²) >= 11 is 0. The van der Waals surface area contributed by atoms with E-state index in [1.807, 2.05) is 0 Å². The molecule has 0 aliphatic carbocycles. The van der Waals surface area contributed by atoms with Gasteiger partial charge in [0.25, 0.3) is 11.5 Å². The summed E-state index contributed by atoms with van der Waals surface area (Å²) in [6, 6.07) is 16.9. The zero-order chi connectivity index (χ0) is 33.8. The zero-order valence-electron chi connectivity index (χ0n) is 25.7. The second kappa shape index (κ2) is 13.8. The number of benzene rings is 3. The molecule has 0 bridgehead atoms. The standard InChI is InChI=1S/C35H30F2N4O7/c1-46-31-18-26-28(19-32(31)47-20-21-11-15-40(16-12-21)35(44)45)38-13-10-29(26)48-30-9-6-23(17-27(30)37)39-33(42)25-3-2-14-41(34(25)43)24-7-4-22(36)5-8-24/h2-10,13-14,17-19,21H,11-12,15-16,20H2,1H3,(H,39,42)(H,44,45). The number of carboxylic acid groups (broad SMARTS) is 1. The molecule has 0 atom stereocenters. The smallest absolute Gasteiger partial charge is 0.407 e. The van der Waals surface area contributed by atoms with Crippen LogP contribution in [0.3, 0.4) is 0 Å². The van der Waals surface area contributed by atoms with Crippen LogP contribution in [0.25, 0.3) is 16.6 Å². The number of amides is 2. The minimum absolute atomic E-state index is 0.0955. The number of aromatic nitrogens is 2. The van der Waals surface area contributed by atoms with Gasteiger partial charge in [0.15, 0.2) is 23.1 Å². The highest BCUT2D eigenvalue weighted by molar-refractivity contribution is 6.04. The van der Waals surface area contributed by atoms with Crippen LogP contribution in [-0.4, -0.2) is 58.4 Å². The Labute approximate surface area is 272 Å². The lowest BCUT2D eigenvalue weighted by molar-refractivity contribution is 0.102. The van der Waals surface area contributed by atoms with Crippen molar-refractivity contribution in [2.75, 3.05) is 32.1 Å². The van der Waals surface area contributed by atoms with E-state index in [1.54, 1.807) is 18.2 Å². The molecular weight excluding hydrogens is 626 g/mol. The van der Waals surface area contributed by atoms with Gasteiger partial charge in [-0.1, -0.05) is 0 Å². The maximum Gasteiger partial charge on any atom is 0.407 e. The van der Waals surface area contributed by atoms with Crippen LogP contribution in [0, 0.1) is 17.6 Å². The molecule has 2 aromatic heterocycles. The normalized spacial score (nSPS) is 13.3. The molecule has 5 aromatic rings. The molecular formula is C35H30F2N4O7. The van der Waals surface area contributed by atoms with Gasteiger partial charge in [-0.3, -0.25) is 19.1 Å². The number of likely N-dealkylation sites (tertiary alicyclic amines) is 1. The molecule has 0 unspecified atom stereocenters. The number of nitrogens with one attached hydrogen (secondary N) is 1. The van der Waals surface area contributed by atoms with Gasteiger partial charge in [-0.05, 0) is 79.4 Å². The molecule has 1 fully saturated rings. The van der Waals surface area contributed by atoms with E-state index in [9.17, 15) is 23.9 Å². The third kappa shape index (κ3) is 6.89. The van der Waals surface area contributed by atoms with Crippen molar-refractivity contribution in [1.82, 2.24) is 14.5 Å². The van der Waals surface area contributed by atoms with Crippen molar-refractivity contribution in [1.29, 1.82) is 0 Å². The van der Waals surface area contributed by atoms with E-state index in [4.69, 9.17) is 14.2 Å². The summed E-state index contributed by atoms with van der Waals surface area (Å²) in [5.74, 6) is -0.734. The fourth-order valence-electron chi connectivity index (χ4n) is 5.44. The number of hydrogen-bond acceptors (Lipinski definition) is 7. The minimum Gasteiger partial charge on any atom is -0.493 e. The zero-order valence-corrected chi connectivity index (χ0v) is 25.7. The SMILES string of the molecule is COc1cc2c(Oc3ccc(NC(=O)c4cccn(-c5ccc(F)cc5)c4=O)cc3F)ccnc2cc1OCC1CCN(C(=O)O)CC1. The average molecular weight is 657 g/mol. The van der Waals surface area contributed by atoms with Crippen LogP contribution in [0.4, 0.5) is 19.3 Å². The Balaban J connectivity index is 1.16. The fourth-order valence-corrected chi connectivity index (χ4v) is 5.44. The maximum atomic E-state index is 15.3. The molecule has 2 amide bonds. The minimum atomic E-state index is -0.919. The quantitative estimate of drug-likeness (QED) is 0.184. The first kappa shape index (κ1) is 32.0. The first-order valence-corrected chi connectivity index (χ1v) is 15.0. The fraction of sp³-hybridized carbons (Fsp3) is 0.200. The van der Waals surface area contributed by atoms with Crippen molar-refractivity contribution < 1.29 is 37.7 Å². The topological polar surface area (TPSA) is 132 Å². The van der Waals surface area contributed by atoms with Crippen LogP contribution in [0.15, 0.2) is 90.0 Å². The van der Waals surface area contributed by atoms with E-state index in [2.05, 4.69) is 10.3 Å². The Kier molecular flexibility index (Phi) is 9.19. The number of anilines is 1. The summed E-state index contributed by atoms with van der Waals surface area (Å²) in [5.41, 5.74) is 0.174. The van der Waals surface area contributed by atoms with E-state index in [0.717, 1.165) is 6.07 Å². The van der Waals surface area contributed by atoms with Crippen LogP contribution < -0.4 is 25.1 Å². The molecule has 0 spiro atoms. The Hall–Kier alpha value is -5.98. The lowest BCUT2D eigenvalue weighted by Gasteiger charge is -2.29. The largest absolute Gasteiger partial charge is 0.493 e. The van der Waals surface area contributed by atoms with E-state index < -0.39 is 29.2 Å². The van der Waals surface area contributed by atoms with Gasteiger partial charge in [-0.25, -0.2) is 13.6 Å². The first-order chi connectivity index (χ1) is 23.2. The van der Waals surface area contributed by atoms with E-state index >= 15 is 4.39 Å². The number of methoxy groups -OCH3 is 1. The molecule has 3 aromatic carbocycles. The molecule has 2 N–H and O–H groups in total. The van der Waals surface area contributed by atoms with Crippen molar-refractivity contribution in [3.05, 3.63) is 113 Å². The summed E-state index contributed by atoms with van der Waals surface area (Å²) in [6.07, 6.45) is 3.43. The van der Waals surface area contributed by atoms with Gasteiger partial charge < -0.3 is 29.5 Å².